The summed E-state index contributed by atoms with van der Waals surface area (Å²) in [5, 5.41) is 17.6. The van der Waals surface area contributed by atoms with Crippen molar-refractivity contribution in [3.05, 3.63) is 92.7 Å². The van der Waals surface area contributed by atoms with E-state index in [1.165, 1.54) is 26.0 Å². The molecule has 3 N–H and O–H groups in total. The largest absolute Gasteiger partial charge is 0.478 e. The Labute approximate surface area is 245 Å². The van der Waals surface area contributed by atoms with Crippen LogP contribution in [0.4, 0.5) is 10.1 Å². The normalized spacial score (nSPS) is 21.5. The van der Waals surface area contributed by atoms with Crippen LogP contribution in [0.2, 0.25) is 10.0 Å². The summed E-state index contributed by atoms with van der Waals surface area (Å²) in [6.07, 6.45) is 1.45. The molecule has 3 amide bonds. The van der Waals surface area contributed by atoms with E-state index in [0.717, 1.165) is 0 Å². The van der Waals surface area contributed by atoms with Gasteiger partial charge < -0.3 is 15.4 Å². The fraction of sp³-hybridized carbons (Fsp3) is 0.267. The number of piperidine rings is 1. The van der Waals surface area contributed by atoms with Crippen LogP contribution in [0.1, 0.15) is 54.5 Å². The lowest BCUT2D eigenvalue weighted by molar-refractivity contribution is -0.134. The van der Waals surface area contributed by atoms with E-state index in [9.17, 15) is 18.8 Å². The van der Waals surface area contributed by atoms with Crippen molar-refractivity contribution in [1.29, 1.82) is 5.26 Å². The van der Waals surface area contributed by atoms with Crippen molar-refractivity contribution in [3.8, 4) is 11.9 Å². The van der Waals surface area contributed by atoms with E-state index in [-0.39, 0.29) is 18.1 Å². The van der Waals surface area contributed by atoms with Crippen molar-refractivity contribution in [2.45, 2.75) is 50.2 Å². The number of hydrogen-bond acceptors (Lipinski definition) is 5. The molecule has 1 saturated heterocycles. The lowest BCUT2D eigenvalue weighted by Crippen LogP contribution is -2.57. The highest BCUT2D eigenvalue weighted by Crippen LogP contribution is 2.59. The monoisotopic (exact) mass is 594 g/mol. The van der Waals surface area contributed by atoms with Gasteiger partial charge in [-0.2, -0.15) is 5.26 Å². The number of rotatable bonds is 5. The van der Waals surface area contributed by atoms with Gasteiger partial charge in [0.15, 0.2) is 11.8 Å². The second kappa shape index (κ2) is 10.4. The van der Waals surface area contributed by atoms with E-state index in [0.29, 0.717) is 38.0 Å². The highest BCUT2D eigenvalue weighted by atomic mass is 35.5. The molecule has 2 heterocycles. The molecular formula is C30H25Cl2FN4O4. The molecule has 5 rings (SSSR count). The number of nitriles is 1. The maximum Gasteiger partial charge on any atom is 0.276 e. The molecular weight excluding hydrogens is 570 g/mol. The molecule has 2 aliphatic rings. The van der Waals surface area contributed by atoms with Crippen molar-refractivity contribution in [2.24, 2.45) is 0 Å². The second-order valence-electron chi connectivity index (χ2n) is 10.6. The highest BCUT2D eigenvalue weighted by molar-refractivity contribution is 6.31. The van der Waals surface area contributed by atoms with Crippen molar-refractivity contribution in [2.75, 3.05) is 5.32 Å². The third-order valence-electron chi connectivity index (χ3n) is 7.73. The van der Waals surface area contributed by atoms with E-state index in [1.807, 2.05) is 0 Å². The Bertz CT molecular complexity index is 1650. The van der Waals surface area contributed by atoms with Gasteiger partial charge >= 0.3 is 0 Å². The first-order valence-electron chi connectivity index (χ1n) is 12.7. The van der Waals surface area contributed by atoms with Crippen molar-refractivity contribution >= 4 is 46.6 Å². The molecule has 0 saturated carbocycles. The maximum atomic E-state index is 14.7. The minimum absolute atomic E-state index is 0.151. The molecule has 3 aromatic carbocycles. The smallest absolute Gasteiger partial charge is 0.276 e. The van der Waals surface area contributed by atoms with Gasteiger partial charge in [-0.05, 0) is 79.9 Å². The van der Waals surface area contributed by atoms with Gasteiger partial charge in [-0.15, -0.1) is 0 Å². The van der Waals surface area contributed by atoms with Crippen molar-refractivity contribution < 1.29 is 23.5 Å². The third-order valence-corrected chi connectivity index (χ3v) is 8.20. The summed E-state index contributed by atoms with van der Waals surface area (Å²) in [7, 11) is 0. The average molecular weight is 595 g/mol. The fourth-order valence-corrected chi connectivity index (χ4v) is 6.20. The second-order valence-corrected chi connectivity index (χ2v) is 11.5. The lowest BCUT2D eigenvalue weighted by atomic mass is 9.59. The lowest BCUT2D eigenvalue weighted by Gasteiger charge is -2.47. The standard InChI is InChI=1S/C30H25Cl2FN4O4/c1-15-4-7-18(33)12-19(15)26-30(21-8-5-17(32)11-23(21)36-28(30)40)22(13-25(38)37-26)20-10-16(31)6-9-24(20)41-29(2,3)27(39)35-14-34/h4-12,22,26H,13H2,1-3H3,(H,35,39)(H,36,40)(H,37,38)/t22-,26+,30-/m1/s1. The number of hydrogen-bond donors (Lipinski definition) is 3. The van der Waals surface area contributed by atoms with Gasteiger partial charge in [0.2, 0.25) is 11.8 Å². The van der Waals surface area contributed by atoms with E-state index in [4.69, 9.17) is 33.2 Å². The van der Waals surface area contributed by atoms with Crippen LogP contribution >= 0.6 is 23.2 Å². The molecule has 210 valence electrons. The topological polar surface area (TPSA) is 120 Å². The predicted molar refractivity (Wildman–Crippen MR) is 151 cm³/mol. The molecule has 0 radical (unpaired) electrons. The molecule has 0 unspecified atom stereocenters. The molecule has 1 spiro atoms. The molecule has 11 heteroatoms. The number of carbonyl (C=O) groups is 3. The number of nitrogens with one attached hydrogen (secondary N) is 3. The van der Waals surface area contributed by atoms with E-state index >= 15 is 0 Å². The Balaban J connectivity index is 1.79. The first-order chi connectivity index (χ1) is 19.4. The molecule has 0 aliphatic carbocycles. The fourth-order valence-electron chi connectivity index (χ4n) is 5.85. The number of halogens is 3. The first-order valence-corrected chi connectivity index (χ1v) is 13.5. The van der Waals surface area contributed by atoms with Crippen LogP contribution in [-0.4, -0.2) is 23.3 Å². The predicted octanol–water partition coefficient (Wildman–Crippen LogP) is 5.43. The van der Waals surface area contributed by atoms with Gasteiger partial charge in [-0.25, -0.2) is 4.39 Å². The third kappa shape index (κ3) is 4.77. The summed E-state index contributed by atoms with van der Waals surface area (Å²) in [6.45, 7) is 4.75. The van der Waals surface area contributed by atoms with Gasteiger partial charge in [-0.3, -0.25) is 19.7 Å². The molecule has 0 bridgehead atoms. The summed E-state index contributed by atoms with van der Waals surface area (Å²) >= 11 is 12.7. The molecule has 0 aromatic heterocycles. The van der Waals surface area contributed by atoms with Crippen LogP contribution in [0.5, 0.6) is 5.75 Å². The number of carbonyl (C=O) groups excluding carboxylic acids is 3. The number of fused-ring (bicyclic) bond motifs is 2. The van der Waals surface area contributed by atoms with E-state index in [2.05, 4.69) is 16.0 Å². The highest BCUT2D eigenvalue weighted by Gasteiger charge is 2.62. The molecule has 8 nitrogen and oxygen atoms in total. The van der Waals surface area contributed by atoms with Crippen molar-refractivity contribution in [1.82, 2.24) is 10.6 Å². The van der Waals surface area contributed by atoms with Crippen LogP contribution in [0.3, 0.4) is 0 Å². The number of anilines is 1. The molecule has 1 fully saturated rings. The van der Waals surface area contributed by atoms with Crippen molar-refractivity contribution in [3.63, 3.8) is 0 Å². The Kier molecular flexibility index (Phi) is 7.18. The van der Waals surface area contributed by atoms with Crippen LogP contribution in [0, 0.1) is 24.2 Å². The molecule has 41 heavy (non-hydrogen) atoms. The maximum absolute atomic E-state index is 14.7. The van der Waals surface area contributed by atoms with Gasteiger partial charge in [-0.1, -0.05) is 35.3 Å². The van der Waals surface area contributed by atoms with Crippen LogP contribution in [0.25, 0.3) is 0 Å². The van der Waals surface area contributed by atoms with Gasteiger partial charge in [0.1, 0.15) is 17.0 Å². The zero-order valence-electron chi connectivity index (χ0n) is 22.3. The Morgan fingerprint density at radius 3 is 2.54 bits per heavy atom. The van der Waals surface area contributed by atoms with Crippen LogP contribution in [0.15, 0.2) is 54.6 Å². The Morgan fingerprint density at radius 1 is 1.10 bits per heavy atom. The summed E-state index contributed by atoms with van der Waals surface area (Å²) in [5.41, 5.74) is -0.498. The molecule has 2 aliphatic heterocycles. The average Bonchev–Trinajstić information content (AvgIpc) is 3.18. The summed E-state index contributed by atoms with van der Waals surface area (Å²) in [5.74, 6) is -2.71. The minimum Gasteiger partial charge on any atom is -0.478 e. The summed E-state index contributed by atoms with van der Waals surface area (Å²) < 4.78 is 20.8. The first kappa shape index (κ1) is 28.4. The quantitative estimate of drug-likeness (QED) is 0.269. The molecule has 3 aromatic rings. The number of benzene rings is 3. The van der Waals surface area contributed by atoms with Crippen LogP contribution in [-0.2, 0) is 19.8 Å². The zero-order chi connectivity index (χ0) is 29.7. The summed E-state index contributed by atoms with van der Waals surface area (Å²) in [4.78, 5) is 40.3. The SMILES string of the molecule is Cc1ccc(F)cc1[C@@H]1NC(=O)C[C@H](c2cc(Cl)ccc2OC(C)(C)C(=O)NC#N)[C@@]12C(=O)Nc1cc(Cl)ccc12. The number of nitrogens with zero attached hydrogens (tertiary/aromatic N) is 1. The number of ether oxygens (including phenoxy) is 1. The Hall–Kier alpha value is -4.13. The summed E-state index contributed by atoms with van der Waals surface area (Å²) in [6, 6.07) is 12.9. The van der Waals surface area contributed by atoms with Gasteiger partial charge in [0, 0.05) is 33.6 Å². The van der Waals surface area contributed by atoms with Crippen LogP contribution < -0.4 is 20.7 Å². The number of aryl methyl sites for hydroxylation is 1. The van der Waals surface area contributed by atoms with Gasteiger partial charge in [0.05, 0.1) is 6.04 Å². The van der Waals surface area contributed by atoms with E-state index < -0.39 is 40.6 Å². The molecule has 3 atom stereocenters. The minimum atomic E-state index is -1.51. The Morgan fingerprint density at radius 2 is 1.80 bits per heavy atom. The van der Waals surface area contributed by atoms with Gasteiger partial charge in [0.25, 0.3) is 5.91 Å². The number of amides is 3. The zero-order valence-corrected chi connectivity index (χ0v) is 23.8. The van der Waals surface area contributed by atoms with E-state index in [1.54, 1.807) is 55.6 Å².